The lowest BCUT2D eigenvalue weighted by Gasteiger charge is -2.32. The zero-order chi connectivity index (χ0) is 26.5. The minimum absolute atomic E-state index is 0.0232. The molecule has 1 aliphatic rings. The molecule has 8 nitrogen and oxygen atoms in total. The van der Waals surface area contributed by atoms with Crippen molar-refractivity contribution >= 4 is 11.9 Å². The molecule has 0 N–H and O–H groups in total. The van der Waals surface area contributed by atoms with E-state index in [-0.39, 0.29) is 11.9 Å². The Balaban J connectivity index is 1.77. The van der Waals surface area contributed by atoms with E-state index in [9.17, 15) is 9.59 Å². The van der Waals surface area contributed by atoms with Crippen molar-refractivity contribution in [1.29, 1.82) is 0 Å². The third-order valence-electron chi connectivity index (χ3n) is 5.76. The fourth-order valence-corrected chi connectivity index (χ4v) is 4.01. The summed E-state index contributed by atoms with van der Waals surface area (Å²) in [4.78, 5) is 28.4. The highest BCUT2D eigenvalue weighted by Gasteiger charge is 2.28. The van der Waals surface area contributed by atoms with Crippen LogP contribution in [-0.2, 0) is 40.4 Å². The van der Waals surface area contributed by atoms with Gasteiger partial charge in [0.05, 0.1) is 13.2 Å². The molecule has 0 bridgehead atoms. The van der Waals surface area contributed by atoms with Gasteiger partial charge in [0, 0.05) is 24.8 Å². The van der Waals surface area contributed by atoms with Crippen molar-refractivity contribution in [3.05, 3.63) is 64.2 Å². The topological polar surface area (TPSA) is 77.5 Å². The minimum atomic E-state index is -0.570. The summed E-state index contributed by atoms with van der Waals surface area (Å²) in [5.74, 6) is 0.588. The zero-order valence-corrected chi connectivity index (χ0v) is 22.4. The molecule has 1 heterocycles. The number of ether oxygens (including phenoxy) is 4. The summed E-state index contributed by atoms with van der Waals surface area (Å²) in [6.07, 6.45) is -0.154. The van der Waals surface area contributed by atoms with Crippen LogP contribution >= 0.6 is 0 Å². The molecule has 1 atom stereocenters. The molecule has 0 saturated heterocycles. The maximum atomic E-state index is 12.7. The molecule has 0 fully saturated rings. The van der Waals surface area contributed by atoms with E-state index in [1.807, 2.05) is 70.1 Å². The Labute approximate surface area is 214 Å². The maximum absolute atomic E-state index is 12.7. The molecule has 0 spiro atoms. The van der Waals surface area contributed by atoms with Crippen molar-refractivity contribution in [3.8, 4) is 5.75 Å². The number of Topliss-reactive ketones (excluding diaryl/α,β-unsaturated/α-hetero) is 1. The van der Waals surface area contributed by atoms with E-state index < -0.39 is 12.0 Å². The number of carbonyl (C=O) groups is 2. The van der Waals surface area contributed by atoms with Crippen LogP contribution in [0.15, 0.2) is 36.4 Å². The fourth-order valence-electron chi connectivity index (χ4n) is 4.01. The van der Waals surface area contributed by atoms with Gasteiger partial charge in [0.2, 0.25) is 6.41 Å². The highest BCUT2D eigenvalue weighted by molar-refractivity contribution is 5.95. The summed E-state index contributed by atoms with van der Waals surface area (Å²) in [7, 11) is 5.38. The van der Waals surface area contributed by atoms with Gasteiger partial charge in [-0.15, -0.1) is 0 Å². The number of hydrogen-bond acceptors (Lipinski definition) is 7. The number of hydrogen-bond donors (Lipinski definition) is 0. The molecule has 2 aromatic carbocycles. The average molecular weight is 499 g/mol. The second-order valence-corrected chi connectivity index (χ2v) is 10.2. The summed E-state index contributed by atoms with van der Waals surface area (Å²) in [6.45, 7) is 8.71. The van der Waals surface area contributed by atoms with Crippen LogP contribution in [0.3, 0.4) is 0 Å². The Morgan fingerprint density at radius 1 is 1.08 bits per heavy atom. The van der Waals surface area contributed by atoms with Crippen LogP contribution in [0.4, 0.5) is 4.79 Å². The Bertz CT molecular complexity index is 1080. The van der Waals surface area contributed by atoms with Crippen molar-refractivity contribution in [2.24, 2.45) is 0 Å². The molecule has 2 aromatic rings. The number of carbonyl (C=O) groups excluding carboxylic acids is 2. The molecule has 0 aliphatic carbocycles. The first-order valence-electron chi connectivity index (χ1n) is 12.1. The SMILES string of the molecule is COC(OCc1cccc(COc2cc(C(C)=O)cc3c2CN(C(=O)OC(C)(C)C)CC3)c1)N(C)C. The standard InChI is InChI=1S/C28H38N2O6/c1-19(31)23-14-22-11-12-30(26(32)36-28(2,3)4)16-24(22)25(15-23)34-17-20-9-8-10-21(13-20)18-35-27(33-7)29(5)6/h8-10,13-15,27H,11-12,16-18H2,1-7H3. The first kappa shape index (κ1) is 27.6. The van der Waals surface area contributed by atoms with E-state index in [0.717, 1.165) is 22.3 Å². The minimum Gasteiger partial charge on any atom is -0.489 e. The van der Waals surface area contributed by atoms with E-state index in [1.54, 1.807) is 25.0 Å². The van der Waals surface area contributed by atoms with Crippen LogP contribution in [0, 0.1) is 0 Å². The van der Waals surface area contributed by atoms with Gasteiger partial charge in [-0.1, -0.05) is 24.3 Å². The third kappa shape index (κ3) is 7.53. The van der Waals surface area contributed by atoms with E-state index in [2.05, 4.69) is 0 Å². The van der Waals surface area contributed by atoms with Crippen LogP contribution < -0.4 is 4.74 Å². The number of fused-ring (bicyclic) bond motifs is 1. The normalized spacial score (nSPS) is 14.4. The third-order valence-corrected chi connectivity index (χ3v) is 5.76. The second kappa shape index (κ2) is 11.9. The molecule has 0 radical (unpaired) electrons. The largest absolute Gasteiger partial charge is 0.489 e. The predicted octanol–water partition coefficient (Wildman–Crippen LogP) is 4.77. The highest BCUT2D eigenvalue weighted by Crippen LogP contribution is 2.32. The zero-order valence-electron chi connectivity index (χ0n) is 22.4. The fraction of sp³-hybridized carbons (Fsp3) is 0.500. The molecule has 1 amide bonds. The lowest BCUT2D eigenvalue weighted by Crippen LogP contribution is -2.40. The summed E-state index contributed by atoms with van der Waals surface area (Å²) < 4.78 is 22.9. The highest BCUT2D eigenvalue weighted by atomic mass is 16.7. The molecule has 0 aromatic heterocycles. The van der Waals surface area contributed by atoms with Crippen molar-refractivity contribution in [2.45, 2.75) is 65.9 Å². The maximum Gasteiger partial charge on any atom is 0.410 e. The number of benzene rings is 2. The Hall–Kier alpha value is -2.94. The van der Waals surface area contributed by atoms with Gasteiger partial charge in [-0.25, -0.2) is 4.79 Å². The first-order chi connectivity index (χ1) is 17.0. The molecule has 1 unspecified atom stereocenters. The smallest absolute Gasteiger partial charge is 0.410 e. The van der Waals surface area contributed by atoms with Gasteiger partial charge in [-0.3, -0.25) is 9.69 Å². The molecule has 196 valence electrons. The molecule has 3 rings (SSSR count). The molecular formula is C28H38N2O6. The monoisotopic (exact) mass is 498 g/mol. The van der Waals surface area contributed by atoms with Gasteiger partial charge in [-0.05, 0) is 77.0 Å². The van der Waals surface area contributed by atoms with Crippen LogP contribution in [0.25, 0.3) is 0 Å². The van der Waals surface area contributed by atoms with Gasteiger partial charge >= 0.3 is 6.09 Å². The van der Waals surface area contributed by atoms with Gasteiger partial charge in [0.25, 0.3) is 0 Å². The van der Waals surface area contributed by atoms with Crippen molar-refractivity contribution in [3.63, 3.8) is 0 Å². The molecule has 8 heteroatoms. The van der Waals surface area contributed by atoms with Crippen LogP contribution in [0.2, 0.25) is 0 Å². The van der Waals surface area contributed by atoms with Gasteiger partial charge in [-0.2, -0.15) is 0 Å². The number of methoxy groups -OCH3 is 1. The van der Waals surface area contributed by atoms with E-state index in [1.165, 1.54) is 0 Å². The lowest BCUT2D eigenvalue weighted by atomic mass is 9.95. The van der Waals surface area contributed by atoms with E-state index >= 15 is 0 Å². The number of amides is 1. The molecule has 0 saturated carbocycles. The molecule has 36 heavy (non-hydrogen) atoms. The number of rotatable bonds is 9. The summed E-state index contributed by atoms with van der Waals surface area (Å²) in [6, 6.07) is 11.6. The summed E-state index contributed by atoms with van der Waals surface area (Å²) >= 11 is 0. The van der Waals surface area contributed by atoms with Crippen LogP contribution in [0.1, 0.15) is 60.3 Å². The van der Waals surface area contributed by atoms with Crippen molar-refractivity contribution in [1.82, 2.24) is 9.80 Å². The predicted molar refractivity (Wildman–Crippen MR) is 137 cm³/mol. The molecular weight excluding hydrogens is 460 g/mol. The average Bonchev–Trinajstić information content (AvgIpc) is 2.81. The summed E-state index contributed by atoms with van der Waals surface area (Å²) in [5.41, 5.74) is 3.93. The Morgan fingerprint density at radius 3 is 2.39 bits per heavy atom. The Morgan fingerprint density at radius 2 is 1.78 bits per heavy atom. The van der Waals surface area contributed by atoms with Crippen molar-refractivity contribution < 1.29 is 28.5 Å². The lowest BCUT2D eigenvalue weighted by molar-refractivity contribution is -0.202. The first-order valence-corrected chi connectivity index (χ1v) is 12.1. The van der Waals surface area contributed by atoms with Gasteiger partial charge in [0.1, 0.15) is 18.0 Å². The molecule has 1 aliphatic heterocycles. The van der Waals surface area contributed by atoms with Crippen LogP contribution in [-0.4, -0.2) is 61.4 Å². The second-order valence-electron chi connectivity index (χ2n) is 10.2. The summed E-state index contributed by atoms with van der Waals surface area (Å²) in [5, 5.41) is 0. The van der Waals surface area contributed by atoms with Crippen molar-refractivity contribution in [2.75, 3.05) is 27.7 Å². The van der Waals surface area contributed by atoms with Gasteiger partial charge < -0.3 is 23.8 Å². The quantitative estimate of drug-likeness (QED) is 0.364. The number of ketones is 1. The van der Waals surface area contributed by atoms with E-state index in [4.69, 9.17) is 18.9 Å². The van der Waals surface area contributed by atoms with Gasteiger partial charge in [0.15, 0.2) is 5.78 Å². The van der Waals surface area contributed by atoms with Crippen LogP contribution in [0.5, 0.6) is 5.75 Å². The van der Waals surface area contributed by atoms with E-state index in [0.29, 0.717) is 44.0 Å². The Kier molecular flexibility index (Phi) is 9.11. The number of nitrogens with zero attached hydrogens (tertiary/aromatic N) is 2.